The summed E-state index contributed by atoms with van der Waals surface area (Å²) in [5.41, 5.74) is 44.2. The minimum absolute atomic E-state index is 0.0312. The van der Waals surface area contributed by atoms with Crippen molar-refractivity contribution < 1.29 is 48.6 Å². The number of benzene rings is 1. The van der Waals surface area contributed by atoms with Gasteiger partial charge in [-0.3, -0.25) is 48.5 Å². The van der Waals surface area contributed by atoms with Gasteiger partial charge in [0.15, 0.2) is 17.9 Å². The molecule has 1 aromatic carbocycles. The fourth-order valence-electron chi connectivity index (χ4n) is 6.34. The van der Waals surface area contributed by atoms with Gasteiger partial charge in [0.1, 0.15) is 36.3 Å². The Morgan fingerprint density at radius 3 is 1.41 bits per heavy atom. The van der Waals surface area contributed by atoms with E-state index < -0.39 is 103 Å². The molecule has 0 aromatic heterocycles. The number of aliphatic hydroxyl groups is 1. The van der Waals surface area contributed by atoms with Gasteiger partial charge in [-0.05, 0) is 62.8 Å². The van der Waals surface area contributed by atoms with Gasteiger partial charge in [0.2, 0.25) is 41.4 Å². The minimum Gasteiger partial charge on any atom is -0.480 e. The molecule has 1 aromatic rings. The number of primary amides is 1. The topological polar surface area (TPSA) is 494 Å². The Morgan fingerprint density at radius 2 is 0.926 bits per heavy atom. The quantitative estimate of drug-likeness (QED) is 0.0177. The number of hydrogen-bond donors (Lipinski definition) is 16. The Morgan fingerprint density at radius 1 is 0.529 bits per heavy atom. The number of carboxylic acid groups (broad SMARTS) is 1. The van der Waals surface area contributed by atoms with Crippen molar-refractivity contribution in [3.63, 3.8) is 0 Å². The van der Waals surface area contributed by atoms with Gasteiger partial charge in [0, 0.05) is 32.5 Å². The molecule has 7 atom stereocenters. The Hall–Kier alpha value is -7.29. The van der Waals surface area contributed by atoms with Gasteiger partial charge in [-0.15, -0.1) is 0 Å². The van der Waals surface area contributed by atoms with E-state index in [1.807, 2.05) is 0 Å². The molecule has 0 fully saturated rings. The Bertz CT molecular complexity index is 1910. The Labute approximate surface area is 394 Å². The molecular formula is C41H71N17O10. The van der Waals surface area contributed by atoms with Crippen LogP contribution >= 0.6 is 0 Å². The van der Waals surface area contributed by atoms with E-state index in [0.717, 1.165) is 0 Å². The van der Waals surface area contributed by atoms with Gasteiger partial charge in [0.25, 0.3) is 0 Å². The van der Waals surface area contributed by atoms with Crippen LogP contribution in [0.15, 0.2) is 45.3 Å². The maximum absolute atomic E-state index is 14.1. The van der Waals surface area contributed by atoms with Crippen molar-refractivity contribution in [2.45, 2.75) is 120 Å². The van der Waals surface area contributed by atoms with E-state index >= 15 is 0 Å². The standard InChI is InChI=1S/C41H71N17O10/c1-22(2)19-28(35(64)55-27(38(67)68)13-8-18-52-41(48)49)56-37(66)30(21-59)58-36(65)29(20-23-9-4-3-5-10-23)57-34(63)26(14-15-31(43)60)54-33(62)25(12-7-17-51-40(46)47)53-32(61)24(42)11-6-16-50-39(44)45/h3-5,9-10,22,24-30,59H,6-8,11-21,42H2,1-2H3,(H2,43,60)(H,53,61)(H,54,62)(H,55,64)(H,56,66)(H,57,63)(H,58,65)(H,67,68)(H4,44,45,50)(H4,46,47,51)(H4,48,49,52)/t24-,25-,26-,27-,28-,29-,30-/m0/s1. The second-order valence-corrected chi connectivity index (χ2v) is 16.2. The summed E-state index contributed by atoms with van der Waals surface area (Å²) in [5, 5.41) is 35.0. The van der Waals surface area contributed by atoms with E-state index in [1.54, 1.807) is 44.2 Å². The first-order valence-corrected chi connectivity index (χ1v) is 21.9. The SMILES string of the molecule is CC(C)C[C@H](NC(=O)[C@H](CO)NC(=O)[C@H](Cc1ccccc1)NC(=O)[C@H](CCC(N)=O)NC(=O)[C@H](CCCN=C(N)N)NC(=O)[C@@H](N)CCCN=C(N)N)C(=O)N[C@@H](CCCN=C(N)N)C(=O)O. The summed E-state index contributed by atoms with van der Waals surface area (Å²) in [5.74, 6) is -8.31. The highest BCUT2D eigenvalue weighted by molar-refractivity contribution is 5.97. The molecule has 1 rings (SSSR count). The number of rotatable bonds is 33. The number of hydrogen-bond acceptors (Lipinski definition) is 13. The van der Waals surface area contributed by atoms with E-state index in [0.29, 0.717) is 12.0 Å². The van der Waals surface area contributed by atoms with Crippen LogP contribution in [0.5, 0.6) is 0 Å². The summed E-state index contributed by atoms with van der Waals surface area (Å²) in [6, 6.07) is -1.43. The maximum atomic E-state index is 14.1. The van der Waals surface area contributed by atoms with E-state index in [9.17, 15) is 48.6 Å². The molecule has 0 aliphatic carbocycles. The average molecular weight is 962 g/mol. The van der Waals surface area contributed by atoms with Crippen LogP contribution in [0, 0.1) is 5.92 Å². The molecule has 27 nitrogen and oxygen atoms in total. The fraction of sp³-hybridized carbons (Fsp3) is 0.585. The summed E-state index contributed by atoms with van der Waals surface area (Å²) < 4.78 is 0. The molecule has 0 spiro atoms. The smallest absolute Gasteiger partial charge is 0.326 e. The third-order valence-corrected chi connectivity index (χ3v) is 9.83. The first-order valence-electron chi connectivity index (χ1n) is 21.9. The van der Waals surface area contributed by atoms with Gasteiger partial charge in [-0.25, -0.2) is 4.79 Å². The van der Waals surface area contributed by atoms with Crippen molar-refractivity contribution >= 4 is 65.2 Å². The van der Waals surface area contributed by atoms with Crippen LogP contribution in [0.4, 0.5) is 0 Å². The number of aliphatic carboxylic acids is 1. The van der Waals surface area contributed by atoms with Crippen molar-refractivity contribution in [1.29, 1.82) is 0 Å². The number of amides is 7. The summed E-state index contributed by atoms with van der Waals surface area (Å²) >= 11 is 0. The van der Waals surface area contributed by atoms with E-state index in [2.05, 4.69) is 46.9 Å². The van der Waals surface area contributed by atoms with Crippen LogP contribution in [0.25, 0.3) is 0 Å². The van der Waals surface area contributed by atoms with E-state index in [4.69, 9.17) is 45.9 Å². The largest absolute Gasteiger partial charge is 0.480 e. The molecule has 0 bridgehead atoms. The Balaban J connectivity index is 3.41. The number of aliphatic hydroxyl groups excluding tert-OH is 1. The molecule has 27 heteroatoms. The normalized spacial score (nSPS) is 13.9. The maximum Gasteiger partial charge on any atom is 0.326 e. The first-order chi connectivity index (χ1) is 32.0. The summed E-state index contributed by atoms with van der Waals surface area (Å²) in [4.78, 5) is 117. The van der Waals surface area contributed by atoms with E-state index in [-0.39, 0.29) is 94.8 Å². The third-order valence-electron chi connectivity index (χ3n) is 9.83. The van der Waals surface area contributed by atoms with Crippen LogP contribution in [0.2, 0.25) is 0 Å². The van der Waals surface area contributed by atoms with Crippen molar-refractivity contribution in [2.75, 3.05) is 26.2 Å². The van der Waals surface area contributed by atoms with Crippen molar-refractivity contribution in [3.8, 4) is 0 Å². The number of aliphatic imine (C=N–C) groups is 3. The number of nitrogens with one attached hydrogen (secondary N) is 6. The predicted molar refractivity (Wildman–Crippen MR) is 252 cm³/mol. The lowest BCUT2D eigenvalue weighted by molar-refractivity contribution is -0.142. The van der Waals surface area contributed by atoms with E-state index in [1.165, 1.54) is 0 Å². The summed E-state index contributed by atoms with van der Waals surface area (Å²) in [6.45, 7) is 2.89. The lowest BCUT2D eigenvalue weighted by Gasteiger charge is -2.27. The first kappa shape index (κ1) is 58.7. The van der Waals surface area contributed by atoms with Crippen molar-refractivity contribution in [2.24, 2.45) is 66.8 Å². The number of carbonyl (C=O) groups is 8. The molecule has 0 unspecified atom stereocenters. The monoisotopic (exact) mass is 962 g/mol. The zero-order chi connectivity index (χ0) is 51.3. The average Bonchev–Trinajstić information content (AvgIpc) is 3.26. The molecule has 0 aliphatic rings. The van der Waals surface area contributed by atoms with Crippen LogP contribution in [-0.4, -0.2) is 144 Å². The molecular weight excluding hydrogens is 891 g/mol. The fourth-order valence-corrected chi connectivity index (χ4v) is 6.34. The molecule has 24 N–H and O–H groups in total. The Kier molecular flexibility index (Phi) is 27.3. The molecule has 0 heterocycles. The van der Waals surface area contributed by atoms with Gasteiger partial charge < -0.3 is 88.0 Å². The number of guanidine groups is 3. The molecule has 7 amide bonds. The molecule has 0 saturated heterocycles. The highest BCUT2D eigenvalue weighted by Crippen LogP contribution is 2.10. The zero-order valence-electron chi connectivity index (χ0n) is 38.5. The van der Waals surface area contributed by atoms with Gasteiger partial charge in [-0.1, -0.05) is 44.2 Å². The summed E-state index contributed by atoms with van der Waals surface area (Å²) in [6.07, 6.45) is -0.139. The van der Waals surface area contributed by atoms with Crippen LogP contribution in [0.3, 0.4) is 0 Å². The second kappa shape index (κ2) is 31.6. The number of carbonyl (C=O) groups excluding carboxylic acids is 7. The minimum atomic E-state index is -1.69. The second-order valence-electron chi connectivity index (χ2n) is 16.2. The lowest BCUT2D eigenvalue weighted by Crippen LogP contribution is -2.60. The predicted octanol–water partition coefficient (Wildman–Crippen LogP) is -5.99. The lowest BCUT2D eigenvalue weighted by atomic mass is 10.0. The van der Waals surface area contributed by atoms with Crippen LogP contribution < -0.4 is 77.8 Å². The molecule has 0 aliphatic heterocycles. The molecule has 0 radical (unpaired) electrons. The molecule has 380 valence electrons. The van der Waals surface area contributed by atoms with Crippen molar-refractivity contribution in [3.05, 3.63) is 35.9 Å². The van der Waals surface area contributed by atoms with Crippen LogP contribution in [0.1, 0.15) is 77.2 Å². The number of nitrogens with zero attached hydrogens (tertiary/aromatic N) is 3. The molecule has 0 saturated carbocycles. The number of nitrogens with two attached hydrogens (primary N) is 8. The third kappa shape index (κ3) is 24.8. The van der Waals surface area contributed by atoms with Crippen LogP contribution in [-0.2, 0) is 44.8 Å². The number of carboxylic acids is 1. The highest BCUT2D eigenvalue weighted by Gasteiger charge is 2.34. The van der Waals surface area contributed by atoms with Crippen molar-refractivity contribution in [1.82, 2.24) is 31.9 Å². The van der Waals surface area contributed by atoms with Gasteiger partial charge >= 0.3 is 5.97 Å². The molecule has 68 heavy (non-hydrogen) atoms. The highest BCUT2D eigenvalue weighted by atomic mass is 16.4. The zero-order valence-corrected chi connectivity index (χ0v) is 38.5. The summed E-state index contributed by atoms with van der Waals surface area (Å²) in [7, 11) is 0. The van der Waals surface area contributed by atoms with Gasteiger partial charge in [0.05, 0.1) is 12.6 Å². The van der Waals surface area contributed by atoms with Gasteiger partial charge in [-0.2, -0.15) is 0 Å².